The van der Waals surface area contributed by atoms with Gasteiger partial charge in [0.05, 0.1) is 28.3 Å². The van der Waals surface area contributed by atoms with Gasteiger partial charge in [0.25, 0.3) is 11.5 Å². The number of aliphatic imine (C=N–C) groups is 1. The van der Waals surface area contributed by atoms with Gasteiger partial charge in [0.2, 0.25) is 0 Å². The van der Waals surface area contributed by atoms with Crippen LogP contribution in [0, 0.1) is 18.8 Å². The van der Waals surface area contributed by atoms with Gasteiger partial charge in [0.1, 0.15) is 11.4 Å². The number of hydrogen-bond donors (Lipinski definition) is 2. The molecule has 3 heterocycles. The van der Waals surface area contributed by atoms with Gasteiger partial charge in [-0.15, -0.1) is 0 Å². The number of aryl methyl sites for hydroxylation is 2. The molecular weight excluding hydrogens is 528 g/mol. The second-order valence-electron chi connectivity index (χ2n) is 9.45. The Balaban J connectivity index is 1.64. The molecule has 1 unspecified atom stereocenters. The summed E-state index contributed by atoms with van der Waals surface area (Å²) in [4.78, 5) is 41.1. The average Bonchev–Trinajstić information content (AvgIpc) is 3.27. The predicted molar refractivity (Wildman–Crippen MR) is 164 cm³/mol. The van der Waals surface area contributed by atoms with E-state index in [1.807, 2.05) is 37.3 Å². The molecule has 0 radical (unpaired) electrons. The zero-order chi connectivity index (χ0) is 29.8. The summed E-state index contributed by atoms with van der Waals surface area (Å²) in [6.45, 7) is 7.25. The molecule has 5 rings (SSSR count). The van der Waals surface area contributed by atoms with E-state index in [1.54, 1.807) is 50.5 Å². The Morgan fingerprint density at radius 2 is 1.83 bits per heavy atom. The van der Waals surface area contributed by atoms with E-state index in [4.69, 9.17) is 10.7 Å². The number of nitrogens with one attached hydrogen (secondary N) is 1. The Kier molecular flexibility index (Phi) is 7.75. The first-order valence-electron chi connectivity index (χ1n) is 13.1. The van der Waals surface area contributed by atoms with Crippen molar-refractivity contribution in [1.82, 2.24) is 29.6 Å². The second-order valence-corrected chi connectivity index (χ2v) is 9.45. The summed E-state index contributed by atoms with van der Waals surface area (Å²) < 4.78 is 2.91. The van der Waals surface area contributed by atoms with Gasteiger partial charge in [-0.3, -0.25) is 19.1 Å². The van der Waals surface area contributed by atoms with E-state index in [0.717, 1.165) is 11.3 Å². The monoisotopic (exact) mass is 556 g/mol. The van der Waals surface area contributed by atoms with E-state index in [1.165, 1.54) is 21.5 Å². The van der Waals surface area contributed by atoms with E-state index < -0.39 is 11.9 Å². The molecule has 42 heavy (non-hydrogen) atoms. The Labute approximate surface area is 242 Å². The van der Waals surface area contributed by atoms with E-state index in [2.05, 4.69) is 38.8 Å². The molecule has 0 saturated carbocycles. The van der Waals surface area contributed by atoms with Crippen LogP contribution in [0.2, 0.25) is 0 Å². The summed E-state index contributed by atoms with van der Waals surface area (Å²) in [6, 6.07) is 17.5. The maximum absolute atomic E-state index is 14.2. The van der Waals surface area contributed by atoms with Crippen LogP contribution in [-0.4, -0.2) is 36.4 Å². The average molecular weight is 557 g/mol. The zero-order valence-electron chi connectivity index (χ0n) is 23.4. The second kappa shape index (κ2) is 11.7. The highest BCUT2D eigenvalue weighted by Gasteiger charge is 2.25. The topological polar surface area (TPSA) is 133 Å². The number of para-hydroxylation sites is 1. The molecule has 0 aliphatic heterocycles. The number of anilines is 1. The highest BCUT2D eigenvalue weighted by atomic mass is 16.2. The van der Waals surface area contributed by atoms with Crippen molar-refractivity contribution in [1.29, 1.82) is 0 Å². The molecule has 0 fully saturated rings. The maximum atomic E-state index is 14.2. The largest absolute Gasteiger partial charge is 0.381 e. The van der Waals surface area contributed by atoms with E-state index in [9.17, 15) is 9.59 Å². The number of nitrogen functional groups attached to an aromatic ring is 1. The van der Waals surface area contributed by atoms with Gasteiger partial charge in [-0.2, -0.15) is 5.10 Å². The zero-order valence-corrected chi connectivity index (χ0v) is 23.4. The Bertz CT molecular complexity index is 1980. The smallest absolute Gasteiger partial charge is 0.267 e. The molecule has 10 heteroatoms. The first-order valence-corrected chi connectivity index (χ1v) is 13.1. The quantitative estimate of drug-likeness (QED) is 0.238. The fraction of sp³-hybridized carbons (Fsp3) is 0.125. The number of carbonyl (C=O) groups is 1. The summed E-state index contributed by atoms with van der Waals surface area (Å²) in [6.07, 6.45) is 4.65. The number of nitrogens with zero attached hydrogens (tertiary/aromatic N) is 6. The molecule has 0 bridgehead atoms. The molecule has 1 amide bonds. The first kappa shape index (κ1) is 27.7. The van der Waals surface area contributed by atoms with Crippen molar-refractivity contribution in [2.24, 2.45) is 12.0 Å². The van der Waals surface area contributed by atoms with E-state index in [0.29, 0.717) is 28.0 Å². The van der Waals surface area contributed by atoms with Crippen LogP contribution in [0.1, 0.15) is 46.0 Å². The first-order chi connectivity index (χ1) is 20.3. The van der Waals surface area contributed by atoms with Crippen LogP contribution >= 0.6 is 0 Å². The number of benzene rings is 2. The molecule has 5 aromatic rings. The van der Waals surface area contributed by atoms with Crippen molar-refractivity contribution in [2.75, 3.05) is 5.73 Å². The SMILES string of the molecule is C=C/C=N\c1c(C(=O)NC(C)c2nc3cccc(C#Cc4cccnc4C)c3c(=O)n2-c2ccccc2)c(N)nn1C. The molecular formula is C32H28N8O2. The number of fused-ring (bicyclic) bond motifs is 1. The highest BCUT2D eigenvalue weighted by molar-refractivity contribution is 6.03. The third kappa shape index (κ3) is 5.31. The minimum absolute atomic E-state index is 0.0254. The lowest BCUT2D eigenvalue weighted by Crippen LogP contribution is -2.33. The molecule has 1 atom stereocenters. The van der Waals surface area contributed by atoms with E-state index in [-0.39, 0.29) is 22.8 Å². The van der Waals surface area contributed by atoms with Crippen LogP contribution in [0.4, 0.5) is 11.6 Å². The van der Waals surface area contributed by atoms with Gasteiger partial charge in [-0.25, -0.2) is 14.7 Å². The molecule has 2 aromatic carbocycles. The molecule has 3 N–H and O–H groups in total. The fourth-order valence-electron chi connectivity index (χ4n) is 4.58. The van der Waals surface area contributed by atoms with Crippen LogP contribution in [0.5, 0.6) is 0 Å². The number of pyridine rings is 1. The van der Waals surface area contributed by atoms with Gasteiger partial charge in [0.15, 0.2) is 11.6 Å². The number of carbonyl (C=O) groups excluding carboxylic acids is 1. The molecule has 10 nitrogen and oxygen atoms in total. The molecule has 0 saturated heterocycles. The number of amides is 1. The molecule has 0 spiro atoms. The number of aromatic nitrogens is 5. The predicted octanol–water partition coefficient (Wildman–Crippen LogP) is 4.18. The summed E-state index contributed by atoms with van der Waals surface area (Å²) in [7, 11) is 1.64. The number of hydrogen-bond acceptors (Lipinski definition) is 7. The lowest BCUT2D eigenvalue weighted by atomic mass is 10.1. The van der Waals surface area contributed by atoms with Crippen molar-refractivity contribution >= 4 is 34.7 Å². The number of allylic oxidation sites excluding steroid dienone is 1. The van der Waals surface area contributed by atoms with Crippen molar-refractivity contribution in [3.05, 3.63) is 118 Å². The van der Waals surface area contributed by atoms with Gasteiger partial charge in [0, 0.05) is 30.6 Å². The van der Waals surface area contributed by atoms with Crippen molar-refractivity contribution in [2.45, 2.75) is 19.9 Å². The van der Waals surface area contributed by atoms with Gasteiger partial charge >= 0.3 is 0 Å². The molecule has 3 aromatic heterocycles. The fourth-order valence-corrected chi connectivity index (χ4v) is 4.58. The van der Waals surface area contributed by atoms with Crippen molar-refractivity contribution in [3.8, 4) is 17.5 Å². The van der Waals surface area contributed by atoms with Crippen LogP contribution < -0.4 is 16.6 Å². The number of nitrogens with two attached hydrogens (primary N) is 1. The van der Waals surface area contributed by atoms with Gasteiger partial charge in [-0.05, 0) is 50.2 Å². The summed E-state index contributed by atoms with van der Waals surface area (Å²) in [5, 5.41) is 7.43. The lowest BCUT2D eigenvalue weighted by molar-refractivity contribution is 0.0939. The summed E-state index contributed by atoms with van der Waals surface area (Å²) in [5.74, 6) is 6.40. The molecule has 0 aliphatic rings. The van der Waals surface area contributed by atoms with Crippen molar-refractivity contribution < 1.29 is 4.79 Å². The Hall–Kier alpha value is -5.82. The third-order valence-electron chi connectivity index (χ3n) is 6.58. The minimum atomic E-state index is -0.710. The standard InChI is InChI=1S/C32H28N8O2/c1-5-18-35-30-27(28(33)38-39(30)4)31(41)36-21(3)29-37-25-15-9-11-23(17-16-22-12-10-19-34-20(22)2)26(25)32(42)40(29)24-13-7-6-8-14-24/h5-15,18-19,21H,1H2,2-4H3,(H2,33,38)(H,36,41)/b35-18-. The normalized spacial score (nSPS) is 11.7. The van der Waals surface area contributed by atoms with Crippen LogP contribution in [0.15, 0.2) is 89.3 Å². The van der Waals surface area contributed by atoms with Crippen LogP contribution in [0.25, 0.3) is 16.6 Å². The summed E-state index contributed by atoms with van der Waals surface area (Å²) in [5.41, 5.74) is 9.01. The van der Waals surface area contributed by atoms with Crippen LogP contribution in [0.3, 0.4) is 0 Å². The van der Waals surface area contributed by atoms with Gasteiger partial charge < -0.3 is 11.1 Å². The number of rotatable bonds is 6. The highest BCUT2D eigenvalue weighted by Crippen LogP contribution is 2.26. The van der Waals surface area contributed by atoms with E-state index >= 15 is 0 Å². The third-order valence-corrected chi connectivity index (χ3v) is 6.58. The Morgan fingerprint density at radius 1 is 1.10 bits per heavy atom. The van der Waals surface area contributed by atoms with Gasteiger partial charge in [-0.1, -0.05) is 48.8 Å². The summed E-state index contributed by atoms with van der Waals surface area (Å²) >= 11 is 0. The van der Waals surface area contributed by atoms with Crippen LogP contribution in [-0.2, 0) is 7.05 Å². The maximum Gasteiger partial charge on any atom is 0.267 e. The molecule has 208 valence electrons. The minimum Gasteiger partial charge on any atom is -0.381 e. The Morgan fingerprint density at radius 3 is 2.57 bits per heavy atom. The van der Waals surface area contributed by atoms with Crippen molar-refractivity contribution in [3.63, 3.8) is 0 Å². The lowest BCUT2D eigenvalue weighted by Gasteiger charge is -2.20. The molecule has 0 aliphatic carbocycles.